The lowest BCUT2D eigenvalue weighted by Gasteiger charge is -2.36. The van der Waals surface area contributed by atoms with Crippen molar-refractivity contribution < 1.29 is 14.7 Å². The third kappa shape index (κ3) is 4.05. The van der Waals surface area contributed by atoms with Crippen molar-refractivity contribution in [3.8, 4) is 0 Å². The monoisotopic (exact) mass is 305 g/mol. The summed E-state index contributed by atoms with van der Waals surface area (Å²) in [7, 11) is 1.72. The third-order valence-corrected chi connectivity index (χ3v) is 3.89. The number of nitrogens with zero attached hydrogens (tertiary/aromatic N) is 1. The highest BCUT2D eigenvalue weighted by Crippen LogP contribution is 2.12. The number of hydrogen-bond acceptors (Lipinski definition) is 4. The molecule has 1 heterocycles. The van der Waals surface area contributed by atoms with E-state index in [1.165, 1.54) is 6.92 Å². The molecule has 6 nitrogen and oxygen atoms in total. The Bertz CT molecular complexity index is 521. The highest BCUT2D eigenvalue weighted by Gasteiger charge is 2.36. The average molecular weight is 305 g/mol. The highest BCUT2D eigenvalue weighted by molar-refractivity contribution is 5.83. The van der Waals surface area contributed by atoms with Crippen LogP contribution in [0.2, 0.25) is 0 Å². The number of rotatable bonds is 5. The molecule has 3 N–H and O–H groups in total. The molecule has 0 spiro atoms. The Hall–Kier alpha value is -1.92. The van der Waals surface area contributed by atoms with E-state index in [1.54, 1.807) is 11.9 Å². The van der Waals surface area contributed by atoms with Crippen LogP contribution in [0.15, 0.2) is 30.3 Å². The van der Waals surface area contributed by atoms with Crippen molar-refractivity contribution >= 4 is 11.8 Å². The predicted molar refractivity (Wildman–Crippen MR) is 83.2 cm³/mol. The first-order chi connectivity index (χ1) is 10.5. The van der Waals surface area contributed by atoms with Gasteiger partial charge in [0.15, 0.2) is 0 Å². The number of benzene rings is 1. The van der Waals surface area contributed by atoms with E-state index in [1.807, 2.05) is 30.3 Å². The van der Waals surface area contributed by atoms with E-state index in [2.05, 4.69) is 10.6 Å². The number of piperazine rings is 1. The lowest BCUT2D eigenvalue weighted by Crippen LogP contribution is -2.63. The quantitative estimate of drug-likeness (QED) is 0.687. The van der Waals surface area contributed by atoms with Crippen molar-refractivity contribution in [1.82, 2.24) is 15.5 Å². The van der Waals surface area contributed by atoms with E-state index >= 15 is 0 Å². The SMILES string of the molecule is CC(=O)N[C@@H](Cc1ccccc1)[C@H](O)[C@@H]1NCCN(C)C1=O. The minimum absolute atomic E-state index is 0.151. The number of carbonyl (C=O) groups is 2. The molecule has 0 radical (unpaired) electrons. The van der Waals surface area contributed by atoms with Crippen LogP contribution in [-0.2, 0) is 16.0 Å². The molecule has 1 aliphatic heterocycles. The summed E-state index contributed by atoms with van der Waals surface area (Å²) in [5, 5.41) is 16.4. The van der Waals surface area contributed by atoms with Crippen LogP contribution in [-0.4, -0.2) is 60.1 Å². The maximum absolute atomic E-state index is 12.2. The van der Waals surface area contributed by atoms with Gasteiger partial charge in [0.25, 0.3) is 0 Å². The van der Waals surface area contributed by atoms with Gasteiger partial charge < -0.3 is 20.6 Å². The van der Waals surface area contributed by atoms with Crippen molar-refractivity contribution in [2.75, 3.05) is 20.1 Å². The van der Waals surface area contributed by atoms with Crippen LogP contribution in [0.25, 0.3) is 0 Å². The molecule has 0 aromatic heterocycles. The van der Waals surface area contributed by atoms with Gasteiger partial charge >= 0.3 is 0 Å². The van der Waals surface area contributed by atoms with E-state index in [9.17, 15) is 14.7 Å². The van der Waals surface area contributed by atoms with Gasteiger partial charge in [-0.15, -0.1) is 0 Å². The van der Waals surface area contributed by atoms with Crippen LogP contribution in [0.1, 0.15) is 12.5 Å². The van der Waals surface area contributed by atoms with Crippen LogP contribution >= 0.6 is 0 Å². The van der Waals surface area contributed by atoms with Crippen LogP contribution in [0.4, 0.5) is 0 Å². The molecular formula is C16H23N3O3. The van der Waals surface area contributed by atoms with Gasteiger partial charge in [-0.1, -0.05) is 30.3 Å². The van der Waals surface area contributed by atoms with Gasteiger partial charge in [0.1, 0.15) is 6.04 Å². The first-order valence-electron chi connectivity index (χ1n) is 7.46. The van der Waals surface area contributed by atoms with Crippen LogP contribution in [0.5, 0.6) is 0 Å². The molecule has 1 aromatic rings. The first kappa shape index (κ1) is 16.5. The standard InChI is InChI=1S/C16H23N3O3/c1-11(20)18-13(10-12-6-4-3-5-7-12)15(21)14-16(22)19(2)9-8-17-14/h3-7,13-15,17,21H,8-10H2,1-2H3,(H,18,20)/t13-,14-,15-/m0/s1. The molecule has 22 heavy (non-hydrogen) atoms. The molecule has 0 aliphatic carbocycles. The molecule has 6 heteroatoms. The summed E-state index contributed by atoms with van der Waals surface area (Å²) in [4.78, 5) is 25.2. The fourth-order valence-corrected chi connectivity index (χ4v) is 2.71. The molecule has 0 bridgehead atoms. The molecule has 0 saturated carbocycles. The summed E-state index contributed by atoms with van der Waals surface area (Å²) in [6, 6.07) is 8.38. The highest BCUT2D eigenvalue weighted by atomic mass is 16.3. The second-order valence-electron chi connectivity index (χ2n) is 5.68. The molecule has 1 saturated heterocycles. The Morgan fingerprint density at radius 1 is 1.45 bits per heavy atom. The van der Waals surface area contributed by atoms with Gasteiger partial charge in [-0.25, -0.2) is 0 Å². The van der Waals surface area contributed by atoms with Crippen molar-refractivity contribution in [3.05, 3.63) is 35.9 Å². The summed E-state index contributed by atoms with van der Waals surface area (Å²) in [5.41, 5.74) is 0.997. The number of carbonyl (C=O) groups excluding carboxylic acids is 2. The number of aliphatic hydroxyl groups excluding tert-OH is 1. The predicted octanol–water partition coefficient (Wildman–Crippen LogP) is -0.475. The molecule has 2 rings (SSSR count). The van der Waals surface area contributed by atoms with Gasteiger partial charge in [-0.3, -0.25) is 9.59 Å². The molecule has 3 atom stereocenters. The summed E-state index contributed by atoms with van der Waals surface area (Å²) >= 11 is 0. The van der Waals surface area contributed by atoms with Crippen molar-refractivity contribution in [1.29, 1.82) is 0 Å². The van der Waals surface area contributed by atoms with E-state index in [0.717, 1.165) is 5.56 Å². The Kier molecular flexibility index (Phi) is 5.51. The van der Waals surface area contributed by atoms with Gasteiger partial charge in [-0.05, 0) is 12.0 Å². The third-order valence-electron chi connectivity index (χ3n) is 3.89. The van der Waals surface area contributed by atoms with Crippen molar-refractivity contribution in [3.63, 3.8) is 0 Å². The minimum Gasteiger partial charge on any atom is -0.389 e. The van der Waals surface area contributed by atoms with E-state index in [4.69, 9.17) is 0 Å². The molecule has 0 unspecified atom stereocenters. The zero-order chi connectivity index (χ0) is 16.1. The molecule has 120 valence electrons. The topological polar surface area (TPSA) is 81.7 Å². The summed E-state index contributed by atoms with van der Waals surface area (Å²) in [6.45, 7) is 2.65. The zero-order valence-corrected chi connectivity index (χ0v) is 13.0. The second-order valence-corrected chi connectivity index (χ2v) is 5.68. The molecule has 1 aliphatic rings. The zero-order valence-electron chi connectivity index (χ0n) is 13.0. The number of likely N-dealkylation sites (N-methyl/N-ethyl adjacent to an activating group) is 1. The number of nitrogens with one attached hydrogen (secondary N) is 2. The summed E-state index contributed by atoms with van der Waals surface area (Å²) < 4.78 is 0. The summed E-state index contributed by atoms with van der Waals surface area (Å²) in [6.07, 6.45) is -0.518. The van der Waals surface area contributed by atoms with Crippen LogP contribution in [0.3, 0.4) is 0 Å². The maximum Gasteiger partial charge on any atom is 0.242 e. The number of amides is 2. The second kappa shape index (κ2) is 7.38. The normalized spacial score (nSPS) is 21.3. The molecule has 1 fully saturated rings. The number of hydrogen-bond donors (Lipinski definition) is 3. The van der Waals surface area contributed by atoms with E-state index in [0.29, 0.717) is 19.5 Å². The lowest BCUT2D eigenvalue weighted by molar-refractivity contribution is -0.138. The Morgan fingerprint density at radius 2 is 2.14 bits per heavy atom. The molecular weight excluding hydrogens is 282 g/mol. The Morgan fingerprint density at radius 3 is 2.77 bits per heavy atom. The first-order valence-corrected chi connectivity index (χ1v) is 7.46. The average Bonchev–Trinajstić information content (AvgIpc) is 2.49. The van der Waals surface area contributed by atoms with Crippen LogP contribution in [0, 0.1) is 0 Å². The van der Waals surface area contributed by atoms with Gasteiger partial charge in [0, 0.05) is 27.1 Å². The molecule has 2 amide bonds. The summed E-state index contributed by atoms with van der Waals surface area (Å²) in [5.74, 6) is -0.376. The van der Waals surface area contributed by atoms with Gasteiger partial charge in [0.05, 0.1) is 12.1 Å². The fourth-order valence-electron chi connectivity index (χ4n) is 2.71. The van der Waals surface area contributed by atoms with Gasteiger partial charge in [-0.2, -0.15) is 0 Å². The largest absolute Gasteiger partial charge is 0.389 e. The van der Waals surface area contributed by atoms with E-state index in [-0.39, 0.29) is 11.8 Å². The Balaban J connectivity index is 2.13. The Labute approximate surface area is 130 Å². The maximum atomic E-state index is 12.2. The molecule has 1 aromatic carbocycles. The van der Waals surface area contributed by atoms with Crippen LogP contribution < -0.4 is 10.6 Å². The van der Waals surface area contributed by atoms with Crippen molar-refractivity contribution in [2.24, 2.45) is 0 Å². The number of aliphatic hydroxyl groups is 1. The smallest absolute Gasteiger partial charge is 0.242 e. The van der Waals surface area contributed by atoms with Crippen molar-refractivity contribution in [2.45, 2.75) is 31.5 Å². The fraction of sp³-hybridized carbons (Fsp3) is 0.500. The lowest BCUT2D eigenvalue weighted by atomic mass is 9.94. The van der Waals surface area contributed by atoms with E-state index < -0.39 is 18.2 Å². The minimum atomic E-state index is -0.987. The van der Waals surface area contributed by atoms with Gasteiger partial charge in [0.2, 0.25) is 11.8 Å².